The molecule has 0 fully saturated rings. The van der Waals surface area contributed by atoms with Gasteiger partial charge in [-0.05, 0) is 54.8 Å². The number of hydrogen-bond donors (Lipinski definition) is 2. The van der Waals surface area contributed by atoms with Crippen LogP contribution in [0.3, 0.4) is 0 Å². The van der Waals surface area contributed by atoms with Gasteiger partial charge in [0.25, 0.3) is 0 Å². The second kappa shape index (κ2) is 9.19. The predicted octanol–water partition coefficient (Wildman–Crippen LogP) is 3.87. The highest BCUT2D eigenvalue weighted by Gasteiger charge is 2.12. The van der Waals surface area contributed by atoms with Crippen LogP contribution >= 0.6 is 0 Å². The molecule has 0 aliphatic rings. The first-order valence-corrected chi connectivity index (χ1v) is 9.38. The number of aromatic nitrogens is 1. The number of hydrogen-bond acceptors (Lipinski definition) is 4. The van der Waals surface area contributed by atoms with Crippen LogP contribution in [0.15, 0.2) is 42.6 Å². The molecule has 0 aliphatic carbocycles. The van der Waals surface area contributed by atoms with E-state index in [0.717, 1.165) is 17.5 Å². The summed E-state index contributed by atoms with van der Waals surface area (Å²) in [5.41, 5.74) is 4.30. The van der Waals surface area contributed by atoms with Gasteiger partial charge in [-0.1, -0.05) is 11.6 Å². The Hall–Kier alpha value is -3.41. The summed E-state index contributed by atoms with van der Waals surface area (Å²) in [5, 5.41) is 4.12. The van der Waals surface area contributed by atoms with E-state index < -0.39 is 0 Å². The van der Waals surface area contributed by atoms with Crippen molar-refractivity contribution in [2.24, 2.45) is 0 Å². The van der Waals surface area contributed by atoms with Gasteiger partial charge in [-0.25, -0.2) is 0 Å². The minimum absolute atomic E-state index is 0.158. The molecule has 0 atom stereocenters. The maximum absolute atomic E-state index is 12.2. The van der Waals surface area contributed by atoms with E-state index in [1.165, 1.54) is 22.6 Å². The van der Waals surface area contributed by atoms with E-state index in [1.54, 1.807) is 39.5 Å². The standard InChI is InChI=1S/C23H26N2O4/c1-15-5-7-19-18(11-15)17(14-25-19)9-10-24-22(26)8-6-16-12-20(27-2)23(29-4)21(13-16)28-3/h5-8,11-14,25H,9-10H2,1-4H3,(H,24,26)/b8-6+. The third-order valence-electron chi connectivity index (χ3n) is 4.73. The quantitative estimate of drug-likeness (QED) is 0.569. The van der Waals surface area contributed by atoms with Gasteiger partial charge in [0.15, 0.2) is 11.5 Å². The number of benzene rings is 2. The average Bonchev–Trinajstić information content (AvgIpc) is 3.13. The number of amides is 1. The van der Waals surface area contributed by atoms with E-state index in [2.05, 4.69) is 35.4 Å². The van der Waals surface area contributed by atoms with Crippen molar-refractivity contribution in [1.82, 2.24) is 10.3 Å². The van der Waals surface area contributed by atoms with Crippen molar-refractivity contribution >= 4 is 22.9 Å². The lowest BCUT2D eigenvalue weighted by atomic mass is 10.1. The highest BCUT2D eigenvalue weighted by atomic mass is 16.5. The number of aromatic amines is 1. The van der Waals surface area contributed by atoms with Crippen LogP contribution in [0.2, 0.25) is 0 Å². The Morgan fingerprint density at radius 1 is 1.07 bits per heavy atom. The lowest BCUT2D eigenvalue weighted by Gasteiger charge is -2.12. The molecule has 0 aliphatic heterocycles. The molecular formula is C23H26N2O4. The fourth-order valence-electron chi connectivity index (χ4n) is 3.25. The van der Waals surface area contributed by atoms with Crippen LogP contribution in [0.5, 0.6) is 17.2 Å². The third-order valence-corrected chi connectivity index (χ3v) is 4.73. The smallest absolute Gasteiger partial charge is 0.244 e. The lowest BCUT2D eigenvalue weighted by molar-refractivity contribution is -0.116. The molecular weight excluding hydrogens is 368 g/mol. The number of ether oxygens (including phenoxy) is 3. The van der Waals surface area contributed by atoms with Gasteiger partial charge in [-0.3, -0.25) is 4.79 Å². The molecule has 0 spiro atoms. The summed E-state index contributed by atoms with van der Waals surface area (Å²) >= 11 is 0. The molecule has 0 unspecified atom stereocenters. The Morgan fingerprint density at radius 2 is 1.79 bits per heavy atom. The second-order valence-corrected chi connectivity index (χ2v) is 6.70. The molecule has 152 valence electrons. The number of nitrogens with one attached hydrogen (secondary N) is 2. The van der Waals surface area contributed by atoms with Gasteiger partial charge in [0.05, 0.1) is 21.3 Å². The van der Waals surface area contributed by atoms with Crippen molar-refractivity contribution in [2.45, 2.75) is 13.3 Å². The van der Waals surface area contributed by atoms with Crippen LogP contribution in [0.4, 0.5) is 0 Å². The fourth-order valence-corrected chi connectivity index (χ4v) is 3.25. The Balaban J connectivity index is 1.62. The van der Waals surface area contributed by atoms with Gasteiger partial charge in [-0.2, -0.15) is 0 Å². The number of fused-ring (bicyclic) bond motifs is 1. The zero-order valence-electron chi connectivity index (χ0n) is 17.2. The fraction of sp³-hybridized carbons (Fsp3) is 0.261. The molecule has 1 aromatic heterocycles. The molecule has 2 N–H and O–H groups in total. The second-order valence-electron chi connectivity index (χ2n) is 6.70. The van der Waals surface area contributed by atoms with Crippen LogP contribution in [0.1, 0.15) is 16.7 Å². The molecule has 0 bridgehead atoms. The maximum Gasteiger partial charge on any atom is 0.244 e. The number of methoxy groups -OCH3 is 3. The Kier molecular flexibility index (Phi) is 6.44. The molecule has 0 saturated carbocycles. The summed E-state index contributed by atoms with van der Waals surface area (Å²) < 4.78 is 16.0. The number of aryl methyl sites for hydroxylation is 1. The molecule has 29 heavy (non-hydrogen) atoms. The molecule has 0 saturated heterocycles. The van der Waals surface area contributed by atoms with Crippen molar-refractivity contribution in [3.05, 3.63) is 59.3 Å². The monoisotopic (exact) mass is 394 g/mol. The minimum Gasteiger partial charge on any atom is -0.493 e. The first-order valence-electron chi connectivity index (χ1n) is 9.38. The van der Waals surface area contributed by atoms with E-state index in [-0.39, 0.29) is 5.91 Å². The number of H-pyrrole nitrogens is 1. The van der Waals surface area contributed by atoms with Crippen molar-refractivity contribution in [3.8, 4) is 17.2 Å². The number of rotatable bonds is 8. The van der Waals surface area contributed by atoms with Gasteiger partial charge in [0, 0.05) is 29.7 Å². The largest absolute Gasteiger partial charge is 0.493 e. The van der Waals surface area contributed by atoms with Crippen molar-refractivity contribution in [1.29, 1.82) is 0 Å². The number of carbonyl (C=O) groups is 1. The van der Waals surface area contributed by atoms with Crippen molar-refractivity contribution in [2.75, 3.05) is 27.9 Å². The van der Waals surface area contributed by atoms with Crippen LogP contribution < -0.4 is 19.5 Å². The predicted molar refractivity (Wildman–Crippen MR) is 115 cm³/mol. The topological polar surface area (TPSA) is 72.6 Å². The first kappa shape index (κ1) is 20.3. The average molecular weight is 394 g/mol. The SMILES string of the molecule is COc1cc(/C=C/C(=O)NCCc2c[nH]c3ccc(C)cc23)cc(OC)c1OC. The Morgan fingerprint density at radius 3 is 2.45 bits per heavy atom. The summed E-state index contributed by atoms with van der Waals surface area (Å²) in [5.74, 6) is 1.45. The Bertz CT molecular complexity index is 1010. The van der Waals surface area contributed by atoms with E-state index in [4.69, 9.17) is 14.2 Å². The zero-order chi connectivity index (χ0) is 20.8. The summed E-state index contributed by atoms with van der Waals surface area (Å²) in [6, 6.07) is 9.90. The van der Waals surface area contributed by atoms with Gasteiger partial charge < -0.3 is 24.5 Å². The van der Waals surface area contributed by atoms with E-state index in [9.17, 15) is 4.79 Å². The van der Waals surface area contributed by atoms with Gasteiger partial charge in [0.2, 0.25) is 11.7 Å². The normalized spacial score (nSPS) is 11.0. The van der Waals surface area contributed by atoms with Gasteiger partial charge in [0.1, 0.15) is 0 Å². The highest BCUT2D eigenvalue weighted by Crippen LogP contribution is 2.38. The molecule has 0 radical (unpaired) electrons. The maximum atomic E-state index is 12.2. The minimum atomic E-state index is -0.158. The Labute approximate surface area is 170 Å². The highest BCUT2D eigenvalue weighted by molar-refractivity contribution is 5.92. The van der Waals surface area contributed by atoms with Crippen LogP contribution in [-0.2, 0) is 11.2 Å². The van der Waals surface area contributed by atoms with E-state index in [1.807, 2.05) is 6.20 Å². The number of carbonyl (C=O) groups excluding carboxylic acids is 1. The summed E-state index contributed by atoms with van der Waals surface area (Å²) in [6.07, 6.45) is 5.98. The van der Waals surface area contributed by atoms with Crippen molar-refractivity contribution < 1.29 is 19.0 Å². The van der Waals surface area contributed by atoms with Gasteiger partial charge >= 0.3 is 0 Å². The lowest BCUT2D eigenvalue weighted by Crippen LogP contribution is -2.23. The third kappa shape index (κ3) is 4.71. The molecule has 6 heteroatoms. The first-order chi connectivity index (χ1) is 14.0. The molecule has 3 rings (SSSR count). The van der Waals surface area contributed by atoms with Crippen LogP contribution in [0, 0.1) is 6.92 Å². The molecule has 1 heterocycles. The summed E-state index contributed by atoms with van der Waals surface area (Å²) in [7, 11) is 4.67. The van der Waals surface area contributed by atoms with Crippen LogP contribution in [0.25, 0.3) is 17.0 Å². The summed E-state index contributed by atoms with van der Waals surface area (Å²) in [6.45, 7) is 2.63. The molecule has 6 nitrogen and oxygen atoms in total. The van der Waals surface area contributed by atoms with Crippen molar-refractivity contribution in [3.63, 3.8) is 0 Å². The summed E-state index contributed by atoms with van der Waals surface area (Å²) in [4.78, 5) is 15.5. The molecule has 3 aromatic rings. The molecule has 1 amide bonds. The van der Waals surface area contributed by atoms with E-state index in [0.29, 0.717) is 23.8 Å². The zero-order valence-corrected chi connectivity index (χ0v) is 17.2. The molecule has 2 aromatic carbocycles. The van der Waals surface area contributed by atoms with Gasteiger partial charge in [-0.15, -0.1) is 0 Å². The van der Waals surface area contributed by atoms with Crippen LogP contribution in [-0.4, -0.2) is 38.8 Å². The van der Waals surface area contributed by atoms with E-state index >= 15 is 0 Å².